The number of ether oxygens (including phenoxy) is 1. The van der Waals surface area contributed by atoms with E-state index in [9.17, 15) is 4.79 Å². The van der Waals surface area contributed by atoms with Crippen LogP contribution < -0.4 is 9.64 Å². The van der Waals surface area contributed by atoms with E-state index in [1.807, 2.05) is 40.8 Å². The summed E-state index contributed by atoms with van der Waals surface area (Å²) in [5, 5.41) is 5.72. The van der Waals surface area contributed by atoms with Crippen molar-refractivity contribution in [1.82, 2.24) is 19.7 Å². The van der Waals surface area contributed by atoms with E-state index in [2.05, 4.69) is 30.0 Å². The van der Waals surface area contributed by atoms with Crippen molar-refractivity contribution >= 4 is 32.7 Å². The van der Waals surface area contributed by atoms with Gasteiger partial charge in [0.2, 0.25) is 0 Å². The largest absolute Gasteiger partial charge is 0.497 e. The van der Waals surface area contributed by atoms with Gasteiger partial charge < -0.3 is 14.5 Å². The van der Waals surface area contributed by atoms with Gasteiger partial charge in [0.25, 0.3) is 5.91 Å². The number of methoxy groups -OCH3 is 1. The maximum Gasteiger partial charge on any atom is 0.254 e. The molecule has 3 heterocycles. The Labute approximate surface area is 197 Å². The minimum Gasteiger partial charge on any atom is -0.497 e. The van der Waals surface area contributed by atoms with Crippen molar-refractivity contribution in [3.63, 3.8) is 0 Å². The highest BCUT2D eigenvalue weighted by Crippen LogP contribution is 2.33. The third kappa shape index (κ3) is 4.18. The smallest absolute Gasteiger partial charge is 0.254 e. The van der Waals surface area contributed by atoms with Gasteiger partial charge in [0, 0.05) is 31.7 Å². The van der Waals surface area contributed by atoms with Crippen LogP contribution in [0, 0.1) is 13.8 Å². The number of amides is 1. The maximum atomic E-state index is 13.1. The fourth-order valence-electron chi connectivity index (χ4n) is 4.25. The van der Waals surface area contributed by atoms with Crippen LogP contribution >= 0.6 is 11.3 Å². The lowest BCUT2D eigenvalue weighted by Gasteiger charge is -2.22. The number of aryl methyl sites for hydroxylation is 2. The van der Waals surface area contributed by atoms with Gasteiger partial charge in [-0.3, -0.25) is 4.79 Å². The zero-order chi connectivity index (χ0) is 22.9. The molecule has 7 nitrogen and oxygen atoms in total. The van der Waals surface area contributed by atoms with Gasteiger partial charge in [0.1, 0.15) is 5.75 Å². The molecule has 0 saturated carbocycles. The van der Waals surface area contributed by atoms with E-state index < -0.39 is 0 Å². The van der Waals surface area contributed by atoms with Gasteiger partial charge in [-0.15, -0.1) is 0 Å². The molecule has 1 fully saturated rings. The van der Waals surface area contributed by atoms with Gasteiger partial charge in [0.15, 0.2) is 10.8 Å². The van der Waals surface area contributed by atoms with Gasteiger partial charge in [-0.2, -0.15) is 10.1 Å². The number of aromatic nitrogens is 3. The second kappa shape index (κ2) is 8.86. The predicted molar refractivity (Wildman–Crippen MR) is 132 cm³/mol. The molecule has 1 amide bonds. The molecule has 1 aliphatic heterocycles. The first-order valence-electron chi connectivity index (χ1n) is 11.1. The van der Waals surface area contributed by atoms with Gasteiger partial charge in [-0.05, 0) is 56.2 Å². The lowest BCUT2D eigenvalue weighted by atomic mass is 10.2. The van der Waals surface area contributed by atoms with Crippen LogP contribution in [-0.4, -0.2) is 58.9 Å². The standard InChI is InChI=1S/C25H27N5O2S/c1-17-7-4-9-20(15-17)30-23-22(18(2)27-30)33-25(26-23)29-12-6-11-28(13-14-29)24(31)19-8-5-10-21(16-19)32-3/h4-5,7-10,15-16H,6,11-14H2,1-3H3. The molecule has 2 aromatic carbocycles. The maximum absolute atomic E-state index is 13.1. The number of thiazole rings is 1. The zero-order valence-electron chi connectivity index (χ0n) is 19.1. The van der Waals surface area contributed by atoms with E-state index >= 15 is 0 Å². The number of carbonyl (C=O) groups excluding carboxylic acids is 1. The lowest BCUT2D eigenvalue weighted by Crippen LogP contribution is -2.35. The van der Waals surface area contributed by atoms with Crippen LogP contribution in [0.4, 0.5) is 5.13 Å². The quantitative estimate of drug-likeness (QED) is 0.449. The fraction of sp³-hybridized carbons (Fsp3) is 0.320. The molecule has 4 aromatic rings. The van der Waals surface area contributed by atoms with Gasteiger partial charge in [-0.1, -0.05) is 29.5 Å². The third-order valence-electron chi connectivity index (χ3n) is 5.99. The number of benzene rings is 2. The number of fused-ring (bicyclic) bond motifs is 1. The zero-order valence-corrected chi connectivity index (χ0v) is 19.9. The molecule has 0 atom stereocenters. The molecule has 0 spiro atoms. The van der Waals surface area contributed by atoms with Crippen LogP contribution in [0.1, 0.15) is 28.0 Å². The van der Waals surface area contributed by atoms with E-state index in [0.29, 0.717) is 17.9 Å². The van der Waals surface area contributed by atoms with E-state index in [1.165, 1.54) is 5.56 Å². The Morgan fingerprint density at radius 3 is 2.70 bits per heavy atom. The monoisotopic (exact) mass is 461 g/mol. The van der Waals surface area contributed by atoms with E-state index in [1.54, 1.807) is 24.5 Å². The number of hydrogen-bond acceptors (Lipinski definition) is 6. The fourth-order valence-corrected chi connectivity index (χ4v) is 5.29. The van der Waals surface area contributed by atoms with E-state index in [0.717, 1.165) is 52.9 Å². The van der Waals surface area contributed by atoms with Crippen LogP contribution in [0.5, 0.6) is 5.75 Å². The summed E-state index contributed by atoms with van der Waals surface area (Å²) in [6.45, 7) is 7.13. The summed E-state index contributed by atoms with van der Waals surface area (Å²) in [6.07, 6.45) is 0.897. The van der Waals surface area contributed by atoms with Crippen LogP contribution in [0.2, 0.25) is 0 Å². The lowest BCUT2D eigenvalue weighted by molar-refractivity contribution is 0.0766. The highest BCUT2D eigenvalue weighted by Gasteiger charge is 2.24. The number of hydrogen-bond donors (Lipinski definition) is 0. The number of carbonyl (C=O) groups is 1. The average Bonchev–Trinajstić information content (AvgIpc) is 3.29. The molecule has 0 bridgehead atoms. The summed E-state index contributed by atoms with van der Waals surface area (Å²) in [7, 11) is 1.62. The minimum absolute atomic E-state index is 0.0472. The average molecular weight is 462 g/mol. The molecule has 5 rings (SSSR count). The normalized spacial score (nSPS) is 14.5. The SMILES string of the molecule is COc1cccc(C(=O)N2CCCN(c3nc4c(s3)c(C)nn4-c3cccc(C)c3)CC2)c1. The Bertz CT molecular complexity index is 1310. The molecule has 33 heavy (non-hydrogen) atoms. The first-order valence-corrected chi connectivity index (χ1v) is 12.0. The molecule has 0 radical (unpaired) electrons. The number of anilines is 1. The Morgan fingerprint density at radius 1 is 1.03 bits per heavy atom. The summed E-state index contributed by atoms with van der Waals surface area (Å²) >= 11 is 1.68. The van der Waals surface area contributed by atoms with Crippen molar-refractivity contribution in [1.29, 1.82) is 0 Å². The van der Waals surface area contributed by atoms with Gasteiger partial charge >= 0.3 is 0 Å². The Kier molecular flexibility index (Phi) is 5.76. The summed E-state index contributed by atoms with van der Waals surface area (Å²) in [6, 6.07) is 15.7. The van der Waals surface area contributed by atoms with Crippen molar-refractivity contribution in [2.24, 2.45) is 0 Å². The van der Waals surface area contributed by atoms with Crippen LogP contribution in [0.3, 0.4) is 0 Å². The molecular formula is C25H27N5O2S. The van der Waals surface area contributed by atoms with E-state index in [4.69, 9.17) is 14.8 Å². The van der Waals surface area contributed by atoms with Crippen molar-refractivity contribution in [3.05, 3.63) is 65.4 Å². The first kappa shape index (κ1) is 21.5. The molecule has 170 valence electrons. The van der Waals surface area contributed by atoms with Crippen molar-refractivity contribution in [2.75, 3.05) is 38.2 Å². The first-order chi connectivity index (χ1) is 16.0. The summed E-state index contributed by atoms with van der Waals surface area (Å²) in [5.74, 6) is 0.746. The number of rotatable bonds is 4. The van der Waals surface area contributed by atoms with Crippen molar-refractivity contribution < 1.29 is 9.53 Å². The molecule has 1 saturated heterocycles. The molecule has 1 aliphatic rings. The molecule has 8 heteroatoms. The second-order valence-electron chi connectivity index (χ2n) is 8.35. The predicted octanol–water partition coefficient (Wildman–Crippen LogP) is 4.46. The summed E-state index contributed by atoms with van der Waals surface area (Å²) < 4.78 is 8.33. The topological polar surface area (TPSA) is 63.5 Å². The van der Waals surface area contributed by atoms with Crippen LogP contribution in [0.15, 0.2) is 48.5 Å². The van der Waals surface area contributed by atoms with Crippen LogP contribution in [0.25, 0.3) is 16.0 Å². The highest BCUT2D eigenvalue weighted by molar-refractivity contribution is 7.22. The minimum atomic E-state index is 0.0472. The summed E-state index contributed by atoms with van der Waals surface area (Å²) in [4.78, 5) is 22.3. The molecule has 0 aliphatic carbocycles. The molecule has 0 unspecified atom stereocenters. The highest BCUT2D eigenvalue weighted by atomic mass is 32.1. The molecule has 0 N–H and O–H groups in total. The molecule has 2 aromatic heterocycles. The Hall–Kier alpha value is -3.39. The van der Waals surface area contributed by atoms with Crippen LogP contribution in [-0.2, 0) is 0 Å². The molecular weight excluding hydrogens is 434 g/mol. The summed E-state index contributed by atoms with van der Waals surface area (Å²) in [5.41, 5.74) is 4.76. The Morgan fingerprint density at radius 2 is 1.88 bits per heavy atom. The van der Waals surface area contributed by atoms with Gasteiger partial charge in [-0.25, -0.2) is 4.68 Å². The van der Waals surface area contributed by atoms with Gasteiger partial charge in [0.05, 0.1) is 23.2 Å². The third-order valence-corrected chi connectivity index (χ3v) is 7.21. The van der Waals surface area contributed by atoms with E-state index in [-0.39, 0.29) is 5.91 Å². The van der Waals surface area contributed by atoms with Crippen molar-refractivity contribution in [3.8, 4) is 11.4 Å². The van der Waals surface area contributed by atoms with Crippen molar-refractivity contribution in [2.45, 2.75) is 20.3 Å². The Balaban J connectivity index is 1.37. The second-order valence-corrected chi connectivity index (χ2v) is 9.33. The number of nitrogens with zero attached hydrogens (tertiary/aromatic N) is 5.